The van der Waals surface area contributed by atoms with Crippen molar-refractivity contribution in [1.29, 1.82) is 0 Å². The minimum absolute atomic E-state index is 0.146. The number of hydrogen-bond acceptors (Lipinski definition) is 6. The van der Waals surface area contributed by atoms with Crippen molar-refractivity contribution in [1.82, 2.24) is 5.32 Å². The fourth-order valence-corrected chi connectivity index (χ4v) is 3.07. The summed E-state index contributed by atoms with van der Waals surface area (Å²) in [5, 5.41) is 12.9. The molecule has 1 aliphatic heterocycles. The summed E-state index contributed by atoms with van der Waals surface area (Å²) in [6, 6.07) is 10.2. The van der Waals surface area contributed by atoms with Gasteiger partial charge in [-0.05, 0) is 19.9 Å². The highest BCUT2D eigenvalue weighted by atomic mass is 16.5. The molecule has 0 spiro atoms. The number of Topliss-reactive ketones (excluding diaryl/α,β-unsaturated/α-hetero) is 1. The van der Waals surface area contributed by atoms with Crippen molar-refractivity contribution in [2.75, 3.05) is 13.7 Å². The van der Waals surface area contributed by atoms with Gasteiger partial charge in [-0.25, -0.2) is 0 Å². The second-order valence-electron chi connectivity index (χ2n) is 7.15. The highest BCUT2D eigenvalue weighted by Crippen LogP contribution is 2.40. The number of rotatable bonds is 6. The summed E-state index contributed by atoms with van der Waals surface area (Å²) in [5.74, 6) is 0.445. The normalized spacial score (nSPS) is 14.6. The SMILES string of the molecule is COc1ccccc1CNC(=O)COc1cc(O)c2c(c1)OC(C)(C)CC2=O. The minimum Gasteiger partial charge on any atom is -0.507 e. The predicted octanol–water partition coefficient (Wildman–Crippen LogP) is 2.84. The number of amides is 1. The third-order valence-electron chi connectivity index (χ3n) is 4.34. The Kier molecular flexibility index (Phi) is 5.44. The maximum absolute atomic E-state index is 12.2. The highest BCUT2D eigenvalue weighted by Gasteiger charge is 2.35. The Labute approximate surface area is 163 Å². The Bertz CT molecular complexity index is 906. The Morgan fingerprint density at radius 1 is 1.29 bits per heavy atom. The van der Waals surface area contributed by atoms with Crippen molar-refractivity contribution in [3.05, 3.63) is 47.5 Å². The average molecular weight is 385 g/mol. The number of para-hydroxylation sites is 1. The molecule has 7 heteroatoms. The van der Waals surface area contributed by atoms with E-state index in [-0.39, 0.29) is 47.5 Å². The van der Waals surface area contributed by atoms with E-state index in [4.69, 9.17) is 14.2 Å². The molecule has 7 nitrogen and oxygen atoms in total. The largest absolute Gasteiger partial charge is 0.507 e. The summed E-state index contributed by atoms with van der Waals surface area (Å²) in [6.45, 7) is 3.64. The predicted molar refractivity (Wildman–Crippen MR) is 102 cm³/mol. The molecule has 0 saturated carbocycles. The smallest absolute Gasteiger partial charge is 0.258 e. The third kappa shape index (κ3) is 4.36. The van der Waals surface area contributed by atoms with E-state index in [1.807, 2.05) is 24.3 Å². The summed E-state index contributed by atoms with van der Waals surface area (Å²) >= 11 is 0. The van der Waals surface area contributed by atoms with Crippen LogP contribution in [0.25, 0.3) is 0 Å². The van der Waals surface area contributed by atoms with Crippen molar-refractivity contribution >= 4 is 11.7 Å². The van der Waals surface area contributed by atoms with Crippen LogP contribution in [0.5, 0.6) is 23.0 Å². The van der Waals surface area contributed by atoms with Gasteiger partial charge in [0.15, 0.2) is 12.4 Å². The van der Waals surface area contributed by atoms with Gasteiger partial charge in [0.1, 0.15) is 34.2 Å². The van der Waals surface area contributed by atoms with E-state index in [0.717, 1.165) is 5.56 Å². The molecule has 2 aromatic rings. The first-order valence-electron chi connectivity index (χ1n) is 8.90. The first-order chi connectivity index (χ1) is 13.3. The zero-order valence-corrected chi connectivity index (χ0v) is 16.1. The lowest BCUT2D eigenvalue weighted by atomic mass is 9.92. The maximum atomic E-state index is 12.2. The number of phenolic OH excluding ortho intramolecular Hbond substituents is 1. The number of aromatic hydroxyl groups is 1. The molecule has 28 heavy (non-hydrogen) atoms. The van der Waals surface area contributed by atoms with Crippen molar-refractivity contribution in [3.63, 3.8) is 0 Å². The summed E-state index contributed by atoms with van der Waals surface area (Å²) in [5.41, 5.74) is 0.326. The molecular weight excluding hydrogens is 362 g/mol. The van der Waals surface area contributed by atoms with Gasteiger partial charge in [-0.15, -0.1) is 0 Å². The first-order valence-corrected chi connectivity index (χ1v) is 8.90. The van der Waals surface area contributed by atoms with Gasteiger partial charge in [0.25, 0.3) is 5.91 Å². The summed E-state index contributed by atoms with van der Waals surface area (Å²) < 4.78 is 16.5. The van der Waals surface area contributed by atoms with Crippen LogP contribution in [0.1, 0.15) is 36.2 Å². The molecule has 2 N–H and O–H groups in total. The first kappa shape index (κ1) is 19.5. The molecule has 0 bridgehead atoms. The Morgan fingerprint density at radius 3 is 2.79 bits per heavy atom. The molecular formula is C21H23NO6. The van der Waals surface area contributed by atoms with Crippen LogP contribution in [0.3, 0.4) is 0 Å². The standard InChI is InChI=1S/C21H23NO6/c1-21(2)10-16(24)20-15(23)8-14(9-18(20)28-21)27-12-19(25)22-11-13-6-4-5-7-17(13)26-3/h4-9,23H,10-12H2,1-3H3,(H,22,25). The zero-order chi connectivity index (χ0) is 20.3. The molecule has 0 saturated heterocycles. The fraction of sp³-hybridized carbons (Fsp3) is 0.333. The number of phenols is 1. The van der Waals surface area contributed by atoms with Crippen molar-refractivity contribution in [3.8, 4) is 23.0 Å². The molecule has 148 valence electrons. The number of ether oxygens (including phenoxy) is 3. The molecule has 0 unspecified atom stereocenters. The molecule has 0 atom stereocenters. The molecule has 1 heterocycles. The van der Waals surface area contributed by atoms with Crippen LogP contribution >= 0.6 is 0 Å². The number of benzene rings is 2. The number of carbonyl (C=O) groups excluding carboxylic acids is 2. The van der Waals surface area contributed by atoms with Gasteiger partial charge >= 0.3 is 0 Å². The molecule has 0 fully saturated rings. The molecule has 0 aliphatic carbocycles. The second-order valence-corrected chi connectivity index (χ2v) is 7.15. The van der Waals surface area contributed by atoms with E-state index in [1.165, 1.54) is 12.1 Å². The van der Waals surface area contributed by atoms with Crippen molar-refractivity contribution in [2.24, 2.45) is 0 Å². The van der Waals surface area contributed by atoms with E-state index >= 15 is 0 Å². The van der Waals surface area contributed by atoms with E-state index < -0.39 is 5.60 Å². The number of methoxy groups -OCH3 is 1. The van der Waals surface area contributed by atoms with Crippen LogP contribution in [0.15, 0.2) is 36.4 Å². The number of hydrogen-bond donors (Lipinski definition) is 2. The lowest BCUT2D eigenvalue weighted by molar-refractivity contribution is -0.123. The highest BCUT2D eigenvalue weighted by molar-refractivity contribution is 6.03. The van der Waals surface area contributed by atoms with Crippen LogP contribution in [0.4, 0.5) is 0 Å². The summed E-state index contributed by atoms with van der Waals surface area (Å²) in [4.78, 5) is 24.3. The number of fused-ring (bicyclic) bond motifs is 1. The fourth-order valence-electron chi connectivity index (χ4n) is 3.07. The Balaban J connectivity index is 1.62. The van der Waals surface area contributed by atoms with E-state index in [0.29, 0.717) is 12.3 Å². The lowest BCUT2D eigenvalue weighted by Gasteiger charge is -2.32. The van der Waals surface area contributed by atoms with Gasteiger partial charge in [0, 0.05) is 24.2 Å². The molecule has 2 aromatic carbocycles. The molecule has 1 aliphatic rings. The number of nitrogens with one attached hydrogen (secondary N) is 1. The van der Waals surface area contributed by atoms with Crippen LogP contribution < -0.4 is 19.5 Å². The van der Waals surface area contributed by atoms with E-state index in [1.54, 1.807) is 21.0 Å². The van der Waals surface area contributed by atoms with Gasteiger partial charge in [0.2, 0.25) is 0 Å². The van der Waals surface area contributed by atoms with Gasteiger partial charge in [-0.3, -0.25) is 9.59 Å². The average Bonchev–Trinajstić information content (AvgIpc) is 2.63. The number of ketones is 1. The monoisotopic (exact) mass is 385 g/mol. The van der Waals surface area contributed by atoms with Crippen LogP contribution in [-0.2, 0) is 11.3 Å². The van der Waals surface area contributed by atoms with E-state index in [2.05, 4.69) is 5.32 Å². The third-order valence-corrected chi connectivity index (χ3v) is 4.34. The topological polar surface area (TPSA) is 94.1 Å². The van der Waals surface area contributed by atoms with Gasteiger partial charge in [0.05, 0.1) is 13.5 Å². The lowest BCUT2D eigenvalue weighted by Crippen LogP contribution is -2.36. The Hall–Kier alpha value is -3.22. The van der Waals surface area contributed by atoms with Crippen LogP contribution in [-0.4, -0.2) is 36.1 Å². The quantitative estimate of drug-likeness (QED) is 0.794. The molecule has 0 radical (unpaired) electrons. The summed E-state index contributed by atoms with van der Waals surface area (Å²) in [6.07, 6.45) is 0.180. The van der Waals surface area contributed by atoms with Gasteiger partial charge in [-0.2, -0.15) is 0 Å². The van der Waals surface area contributed by atoms with Crippen molar-refractivity contribution < 1.29 is 28.9 Å². The van der Waals surface area contributed by atoms with E-state index in [9.17, 15) is 14.7 Å². The van der Waals surface area contributed by atoms with Crippen LogP contribution in [0.2, 0.25) is 0 Å². The summed E-state index contributed by atoms with van der Waals surface area (Å²) in [7, 11) is 1.57. The second kappa shape index (κ2) is 7.80. The molecule has 0 aromatic heterocycles. The minimum atomic E-state index is -0.665. The number of carbonyl (C=O) groups is 2. The molecule has 3 rings (SSSR count). The van der Waals surface area contributed by atoms with Gasteiger partial charge < -0.3 is 24.6 Å². The molecule has 1 amide bonds. The van der Waals surface area contributed by atoms with Gasteiger partial charge in [-0.1, -0.05) is 18.2 Å². The maximum Gasteiger partial charge on any atom is 0.258 e. The zero-order valence-electron chi connectivity index (χ0n) is 16.1. The Morgan fingerprint density at radius 2 is 2.04 bits per heavy atom. The van der Waals surface area contributed by atoms with Crippen LogP contribution in [0, 0.1) is 0 Å². The van der Waals surface area contributed by atoms with Crippen molar-refractivity contribution in [2.45, 2.75) is 32.4 Å².